The van der Waals surface area contributed by atoms with Crippen LogP contribution in [0.3, 0.4) is 0 Å². The number of carboxylic acid groups (broad SMARTS) is 1. The van der Waals surface area contributed by atoms with E-state index in [9.17, 15) is 19.5 Å². The van der Waals surface area contributed by atoms with Crippen LogP contribution in [0, 0.1) is 11.3 Å². The smallest absolute Gasteiger partial charge is 0.407 e. The van der Waals surface area contributed by atoms with Crippen molar-refractivity contribution in [3.63, 3.8) is 0 Å². The number of likely N-dealkylation sites (tertiary alicyclic amines) is 1. The van der Waals surface area contributed by atoms with Crippen LogP contribution >= 0.6 is 0 Å². The van der Waals surface area contributed by atoms with Gasteiger partial charge in [-0.3, -0.25) is 9.59 Å². The van der Waals surface area contributed by atoms with Crippen molar-refractivity contribution in [2.75, 3.05) is 19.7 Å². The van der Waals surface area contributed by atoms with Crippen molar-refractivity contribution in [2.45, 2.75) is 51.0 Å². The Morgan fingerprint density at radius 2 is 1.71 bits per heavy atom. The molecule has 7 nitrogen and oxygen atoms in total. The highest BCUT2D eigenvalue weighted by atomic mass is 16.5. The van der Waals surface area contributed by atoms with E-state index in [1.54, 1.807) is 4.90 Å². The summed E-state index contributed by atoms with van der Waals surface area (Å²) >= 11 is 0. The summed E-state index contributed by atoms with van der Waals surface area (Å²) in [5, 5.41) is 12.5. The minimum absolute atomic E-state index is 0.0538. The summed E-state index contributed by atoms with van der Waals surface area (Å²) in [5.41, 5.74) is 4.27. The van der Waals surface area contributed by atoms with Gasteiger partial charge in [-0.25, -0.2) is 4.79 Å². The molecule has 2 fully saturated rings. The first-order chi connectivity index (χ1) is 16.9. The monoisotopic (exact) mass is 476 g/mol. The summed E-state index contributed by atoms with van der Waals surface area (Å²) in [7, 11) is 0. The fourth-order valence-electron chi connectivity index (χ4n) is 6.16. The largest absolute Gasteiger partial charge is 0.481 e. The number of hydrogen-bond acceptors (Lipinski definition) is 4. The average Bonchev–Trinajstić information content (AvgIpc) is 3.40. The van der Waals surface area contributed by atoms with Crippen molar-refractivity contribution < 1.29 is 24.2 Å². The number of nitrogens with one attached hydrogen (secondary N) is 1. The van der Waals surface area contributed by atoms with Gasteiger partial charge in [0.2, 0.25) is 5.91 Å². The van der Waals surface area contributed by atoms with Gasteiger partial charge in [0.1, 0.15) is 12.6 Å². The van der Waals surface area contributed by atoms with Crippen LogP contribution in [0.15, 0.2) is 48.5 Å². The second-order valence-electron chi connectivity index (χ2n) is 10.1. The Morgan fingerprint density at radius 3 is 2.23 bits per heavy atom. The SMILES string of the molecule is CCC[C@H](NC(=O)OCC1c2ccccc2-c2ccccc21)C(=O)N1CC(C(=O)O)C2(CCC2)C1. The van der Waals surface area contributed by atoms with E-state index in [2.05, 4.69) is 29.6 Å². The number of carbonyl (C=O) groups excluding carboxylic acids is 2. The van der Waals surface area contributed by atoms with Crippen molar-refractivity contribution >= 4 is 18.0 Å². The van der Waals surface area contributed by atoms with Crippen molar-refractivity contribution in [1.29, 1.82) is 0 Å². The lowest BCUT2D eigenvalue weighted by Crippen LogP contribution is -2.49. The number of nitrogens with zero attached hydrogens (tertiary/aromatic N) is 1. The lowest BCUT2D eigenvalue weighted by atomic mass is 9.63. The van der Waals surface area contributed by atoms with Crippen LogP contribution < -0.4 is 5.32 Å². The summed E-state index contributed by atoms with van der Waals surface area (Å²) in [6, 6.07) is 15.6. The molecular formula is C28H32N2O5. The highest BCUT2D eigenvalue weighted by Crippen LogP contribution is 2.52. The van der Waals surface area contributed by atoms with Crippen LogP contribution in [0.25, 0.3) is 11.1 Å². The molecule has 1 spiro atoms. The molecule has 0 radical (unpaired) electrons. The van der Waals surface area contributed by atoms with E-state index in [1.165, 1.54) is 0 Å². The first-order valence-corrected chi connectivity index (χ1v) is 12.6. The van der Waals surface area contributed by atoms with Gasteiger partial charge in [0.05, 0.1) is 5.92 Å². The van der Waals surface area contributed by atoms with E-state index in [0.717, 1.165) is 41.5 Å². The molecule has 2 amide bonds. The molecule has 35 heavy (non-hydrogen) atoms. The first kappa shape index (κ1) is 23.4. The molecule has 2 aromatic carbocycles. The van der Waals surface area contributed by atoms with Crippen LogP contribution in [-0.2, 0) is 14.3 Å². The predicted octanol–water partition coefficient (Wildman–Crippen LogP) is 4.41. The number of rotatable bonds is 7. The zero-order chi connectivity index (χ0) is 24.6. The van der Waals surface area contributed by atoms with E-state index in [1.807, 2.05) is 31.2 Å². The van der Waals surface area contributed by atoms with Gasteiger partial charge in [-0.05, 0) is 41.5 Å². The summed E-state index contributed by atoms with van der Waals surface area (Å²) in [6.45, 7) is 2.80. The molecule has 2 atom stereocenters. The maximum atomic E-state index is 13.3. The van der Waals surface area contributed by atoms with Crippen molar-refractivity contribution in [3.05, 3.63) is 59.7 Å². The molecule has 5 rings (SSSR count). The van der Waals surface area contributed by atoms with Crippen LogP contribution in [0.5, 0.6) is 0 Å². The highest BCUT2D eigenvalue weighted by Gasteiger charge is 2.55. The molecule has 0 bridgehead atoms. The van der Waals surface area contributed by atoms with E-state index in [4.69, 9.17) is 4.74 Å². The molecule has 184 valence electrons. The molecule has 2 N–H and O–H groups in total. The Morgan fingerprint density at radius 1 is 1.09 bits per heavy atom. The number of aliphatic carboxylic acids is 1. The number of amides is 2. The molecule has 2 aliphatic carbocycles. The zero-order valence-corrected chi connectivity index (χ0v) is 20.0. The topological polar surface area (TPSA) is 95.9 Å². The molecule has 1 unspecified atom stereocenters. The third-order valence-corrected chi connectivity index (χ3v) is 8.12. The minimum Gasteiger partial charge on any atom is -0.481 e. The third-order valence-electron chi connectivity index (χ3n) is 8.12. The van der Waals surface area contributed by atoms with Crippen molar-refractivity contribution in [3.8, 4) is 11.1 Å². The van der Waals surface area contributed by atoms with Gasteiger partial charge < -0.3 is 20.1 Å². The molecule has 1 aliphatic heterocycles. The molecule has 7 heteroatoms. The Hall–Kier alpha value is -3.35. The normalized spacial score (nSPS) is 20.6. The second-order valence-corrected chi connectivity index (χ2v) is 10.1. The van der Waals surface area contributed by atoms with Gasteiger partial charge >= 0.3 is 12.1 Å². The summed E-state index contributed by atoms with van der Waals surface area (Å²) in [5.74, 6) is -1.63. The van der Waals surface area contributed by atoms with Gasteiger partial charge in [-0.2, -0.15) is 0 Å². The molecular weight excluding hydrogens is 444 g/mol. The summed E-state index contributed by atoms with van der Waals surface area (Å²) < 4.78 is 5.65. The maximum absolute atomic E-state index is 13.3. The molecule has 2 aromatic rings. The summed E-state index contributed by atoms with van der Waals surface area (Å²) in [4.78, 5) is 39.6. The third kappa shape index (κ3) is 4.17. The standard InChI is InChI=1S/C28H32N2O5/c1-2-8-24(25(31)30-15-23(26(32)33)28(17-30)13-7-14-28)29-27(34)35-16-22-20-11-5-3-9-18(20)19-10-4-6-12-21(19)22/h3-6,9-12,22-24H,2,7-8,13-17H2,1H3,(H,29,34)(H,32,33)/t23?,24-/m0/s1. The van der Waals surface area contributed by atoms with E-state index >= 15 is 0 Å². The maximum Gasteiger partial charge on any atom is 0.407 e. The predicted molar refractivity (Wildman–Crippen MR) is 131 cm³/mol. The van der Waals surface area contributed by atoms with Gasteiger partial charge in [0, 0.05) is 24.4 Å². The van der Waals surface area contributed by atoms with E-state index < -0.39 is 24.0 Å². The Labute approximate surface area is 205 Å². The van der Waals surface area contributed by atoms with E-state index in [-0.39, 0.29) is 30.4 Å². The van der Waals surface area contributed by atoms with Crippen LogP contribution in [-0.4, -0.2) is 53.7 Å². The van der Waals surface area contributed by atoms with Crippen LogP contribution in [0.4, 0.5) is 4.79 Å². The van der Waals surface area contributed by atoms with Crippen LogP contribution in [0.2, 0.25) is 0 Å². The van der Waals surface area contributed by atoms with Gasteiger partial charge in [0.15, 0.2) is 0 Å². The fraction of sp³-hybridized carbons (Fsp3) is 0.464. The molecule has 1 saturated carbocycles. The Kier molecular flexibility index (Phi) is 6.26. The number of hydrogen-bond donors (Lipinski definition) is 2. The number of carbonyl (C=O) groups is 3. The Balaban J connectivity index is 1.24. The molecule has 0 aromatic heterocycles. The number of fused-ring (bicyclic) bond motifs is 3. The van der Waals surface area contributed by atoms with E-state index in [0.29, 0.717) is 19.4 Å². The number of alkyl carbamates (subject to hydrolysis) is 1. The molecule has 1 heterocycles. The lowest BCUT2D eigenvalue weighted by molar-refractivity contribution is -0.146. The first-order valence-electron chi connectivity index (χ1n) is 12.6. The molecule has 3 aliphatic rings. The van der Waals surface area contributed by atoms with Gasteiger partial charge in [0.25, 0.3) is 0 Å². The van der Waals surface area contributed by atoms with Crippen molar-refractivity contribution in [2.24, 2.45) is 11.3 Å². The van der Waals surface area contributed by atoms with Crippen molar-refractivity contribution in [1.82, 2.24) is 10.2 Å². The van der Waals surface area contributed by atoms with Crippen LogP contribution in [0.1, 0.15) is 56.1 Å². The quantitative estimate of drug-likeness (QED) is 0.617. The number of ether oxygens (including phenoxy) is 1. The number of carboxylic acids is 1. The highest BCUT2D eigenvalue weighted by molar-refractivity contribution is 5.87. The Bertz CT molecular complexity index is 1100. The lowest BCUT2D eigenvalue weighted by Gasteiger charge is -2.41. The zero-order valence-electron chi connectivity index (χ0n) is 20.0. The van der Waals surface area contributed by atoms with Gasteiger partial charge in [-0.15, -0.1) is 0 Å². The number of benzene rings is 2. The average molecular weight is 477 g/mol. The molecule has 1 saturated heterocycles. The summed E-state index contributed by atoms with van der Waals surface area (Å²) in [6.07, 6.45) is 3.25. The minimum atomic E-state index is -0.837. The van der Waals surface area contributed by atoms with Gasteiger partial charge in [-0.1, -0.05) is 68.3 Å². The fourth-order valence-corrected chi connectivity index (χ4v) is 6.16. The second kappa shape index (κ2) is 9.36.